The van der Waals surface area contributed by atoms with E-state index in [4.69, 9.17) is 5.73 Å². The second-order valence-electron chi connectivity index (χ2n) is 4.46. The van der Waals surface area contributed by atoms with Gasteiger partial charge in [-0.3, -0.25) is 0 Å². The van der Waals surface area contributed by atoms with E-state index in [9.17, 15) is 0 Å². The van der Waals surface area contributed by atoms with Crippen LogP contribution in [0.2, 0.25) is 0 Å². The molecule has 2 aromatic heterocycles. The van der Waals surface area contributed by atoms with Gasteiger partial charge in [-0.25, -0.2) is 14.6 Å². The van der Waals surface area contributed by atoms with Crippen molar-refractivity contribution in [1.82, 2.24) is 19.7 Å². The van der Waals surface area contributed by atoms with Crippen molar-refractivity contribution in [3.63, 3.8) is 0 Å². The summed E-state index contributed by atoms with van der Waals surface area (Å²) in [6, 6.07) is 3.78. The van der Waals surface area contributed by atoms with Crippen LogP contribution in [0.3, 0.4) is 0 Å². The van der Waals surface area contributed by atoms with Gasteiger partial charge in [0.15, 0.2) is 0 Å². The summed E-state index contributed by atoms with van der Waals surface area (Å²) >= 11 is 1.69. The highest BCUT2D eigenvalue weighted by molar-refractivity contribution is 7.98. The Labute approximate surface area is 111 Å². The van der Waals surface area contributed by atoms with Gasteiger partial charge in [0.25, 0.3) is 0 Å². The molecule has 0 aliphatic heterocycles. The van der Waals surface area contributed by atoms with Gasteiger partial charge in [0.1, 0.15) is 18.0 Å². The van der Waals surface area contributed by atoms with Crippen molar-refractivity contribution in [3.8, 4) is 0 Å². The van der Waals surface area contributed by atoms with Crippen LogP contribution >= 0.6 is 11.8 Å². The van der Waals surface area contributed by atoms with E-state index >= 15 is 0 Å². The monoisotopic (exact) mass is 263 g/mol. The molecule has 5 nitrogen and oxygen atoms in total. The molecule has 6 heteroatoms. The number of nitrogens with zero attached hydrogens (tertiary/aromatic N) is 4. The minimum atomic E-state index is 0.544. The molecule has 2 heterocycles. The summed E-state index contributed by atoms with van der Waals surface area (Å²) in [6.07, 6.45) is 3.39. The molecular formula is C12H17N5S. The highest BCUT2D eigenvalue weighted by Crippen LogP contribution is 2.21. The average Bonchev–Trinajstić information content (AvgIpc) is 2.75. The van der Waals surface area contributed by atoms with Crippen molar-refractivity contribution in [2.45, 2.75) is 31.0 Å². The van der Waals surface area contributed by atoms with Crippen molar-refractivity contribution < 1.29 is 0 Å². The van der Waals surface area contributed by atoms with Crippen molar-refractivity contribution in [2.24, 2.45) is 5.92 Å². The summed E-state index contributed by atoms with van der Waals surface area (Å²) in [6.45, 7) is 5.24. The SMILES string of the molecule is CC(C)Cn1ncnc1CSc1ccc(N)nc1. The normalized spacial score (nSPS) is 11.1. The van der Waals surface area contributed by atoms with Crippen molar-refractivity contribution in [3.05, 3.63) is 30.5 Å². The second-order valence-corrected chi connectivity index (χ2v) is 5.51. The number of anilines is 1. The quantitative estimate of drug-likeness (QED) is 0.837. The Morgan fingerprint density at radius 3 is 2.83 bits per heavy atom. The molecule has 2 N–H and O–H groups in total. The summed E-state index contributed by atoms with van der Waals surface area (Å²) in [7, 11) is 0. The fourth-order valence-corrected chi connectivity index (χ4v) is 2.33. The predicted octanol–water partition coefficient (Wildman–Crippen LogP) is 2.20. The van der Waals surface area contributed by atoms with E-state index in [1.165, 1.54) is 0 Å². The smallest absolute Gasteiger partial charge is 0.138 e. The van der Waals surface area contributed by atoms with Crippen LogP contribution in [0.5, 0.6) is 0 Å². The van der Waals surface area contributed by atoms with E-state index in [-0.39, 0.29) is 0 Å². The number of hydrogen-bond acceptors (Lipinski definition) is 5. The van der Waals surface area contributed by atoms with Gasteiger partial charge in [0.2, 0.25) is 0 Å². The number of aromatic nitrogens is 4. The summed E-state index contributed by atoms with van der Waals surface area (Å²) in [5.41, 5.74) is 5.55. The lowest BCUT2D eigenvalue weighted by Gasteiger charge is -2.08. The highest BCUT2D eigenvalue weighted by atomic mass is 32.2. The van der Waals surface area contributed by atoms with E-state index in [0.717, 1.165) is 23.0 Å². The van der Waals surface area contributed by atoms with Gasteiger partial charge >= 0.3 is 0 Å². The molecule has 0 unspecified atom stereocenters. The summed E-state index contributed by atoms with van der Waals surface area (Å²) < 4.78 is 1.96. The average molecular weight is 263 g/mol. The molecule has 0 aliphatic rings. The molecule has 0 saturated carbocycles. The molecule has 0 aromatic carbocycles. The molecule has 0 amide bonds. The topological polar surface area (TPSA) is 69.6 Å². The maximum Gasteiger partial charge on any atom is 0.138 e. The zero-order chi connectivity index (χ0) is 13.0. The van der Waals surface area contributed by atoms with Crippen LogP contribution in [0.4, 0.5) is 5.82 Å². The number of hydrogen-bond donors (Lipinski definition) is 1. The van der Waals surface area contributed by atoms with Gasteiger partial charge in [-0.05, 0) is 18.1 Å². The zero-order valence-corrected chi connectivity index (χ0v) is 11.4. The number of thioether (sulfide) groups is 1. The van der Waals surface area contributed by atoms with Gasteiger partial charge in [-0.1, -0.05) is 13.8 Å². The minimum absolute atomic E-state index is 0.544. The fraction of sp³-hybridized carbons (Fsp3) is 0.417. The standard InChI is InChI=1S/C12H17N5S/c1-9(2)6-17-12(15-8-16-17)7-18-10-3-4-11(13)14-5-10/h3-5,8-9H,6-7H2,1-2H3,(H2,13,14). The first-order valence-corrected chi connectivity index (χ1v) is 6.84. The lowest BCUT2D eigenvalue weighted by Crippen LogP contribution is -2.09. The molecule has 0 fully saturated rings. The molecule has 0 bridgehead atoms. The third-order valence-electron chi connectivity index (χ3n) is 2.36. The lowest BCUT2D eigenvalue weighted by atomic mass is 10.2. The van der Waals surface area contributed by atoms with Crippen LogP contribution in [0.15, 0.2) is 29.6 Å². The number of pyridine rings is 1. The van der Waals surface area contributed by atoms with Gasteiger partial charge in [-0.15, -0.1) is 11.8 Å². The Balaban J connectivity index is 1.97. The Hall–Kier alpha value is -1.56. The molecule has 0 saturated heterocycles. The van der Waals surface area contributed by atoms with E-state index in [1.807, 2.05) is 10.7 Å². The van der Waals surface area contributed by atoms with Crippen LogP contribution in [0, 0.1) is 5.92 Å². The van der Waals surface area contributed by atoms with E-state index in [2.05, 4.69) is 28.9 Å². The zero-order valence-electron chi connectivity index (χ0n) is 10.6. The maximum absolute atomic E-state index is 5.55. The summed E-state index contributed by atoms with van der Waals surface area (Å²) in [5.74, 6) is 2.89. The molecule has 0 radical (unpaired) electrons. The molecule has 0 spiro atoms. The van der Waals surface area contributed by atoms with Crippen LogP contribution in [0.25, 0.3) is 0 Å². The Bertz CT molecular complexity index is 491. The van der Waals surface area contributed by atoms with Gasteiger partial charge in [0, 0.05) is 17.6 Å². The number of rotatable bonds is 5. The number of nitrogens with two attached hydrogens (primary N) is 1. The van der Waals surface area contributed by atoms with Crippen molar-refractivity contribution >= 4 is 17.6 Å². The Kier molecular flexibility index (Phi) is 4.19. The lowest BCUT2D eigenvalue weighted by molar-refractivity contribution is 0.472. The van der Waals surface area contributed by atoms with Crippen molar-refractivity contribution in [1.29, 1.82) is 0 Å². The Morgan fingerprint density at radius 1 is 1.33 bits per heavy atom. The van der Waals surface area contributed by atoms with Gasteiger partial charge < -0.3 is 5.73 Å². The highest BCUT2D eigenvalue weighted by Gasteiger charge is 2.06. The van der Waals surface area contributed by atoms with Crippen LogP contribution in [0.1, 0.15) is 19.7 Å². The fourth-order valence-electron chi connectivity index (χ4n) is 1.52. The minimum Gasteiger partial charge on any atom is -0.384 e. The summed E-state index contributed by atoms with van der Waals surface area (Å²) in [4.78, 5) is 9.44. The van der Waals surface area contributed by atoms with Gasteiger partial charge in [0.05, 0.1) is 5.75 Å². The number of nitrogen functional groups attached to an aromatic ring is 1. The molecular weight excluding hydrogens is 246 g/mol. The molecule has 0 atom stereocenters. The molecule has 96 valence electrons. The first-order chi connectivity index (χ1) is 8.65. The van der Waals surface area contributed by atoms with E-state index in [0.29, 0.717) is 11.7 Å². The van der Waals surface area contributed by atoms with Gasteiger partial charge in [-0.2, -0.15) is 5.10 Å². The summed E-state index contributed by atoms with van der Waals surface area (Å²) in [5, 5.41) is 4.24. The molecule has 0 aliphatic carbocycles. The Morgan fingerprint density at radius 2 is 2.17 bits per heavy atom. The molecule has 2 rings (SSSR count). The van der Waals surface area contributed by atoms with E-state index < -0.39 is 0 Å². The van der Waals surface area contributed by atoms with Crippen LogP contribution in [-0.2, 0) is 12.3 Å². The molecule has 18 heavy (non-hydrogen) atoms. The second kappa shape index (κ2) is 5.86. The van der Waals surface area contributed by atoms with Crippen molar-refractivity contribution in [2.75, 3.05) is 5.73 Å². The third kappa shape index (κ3) is 3.46. The first-order valence-electron chi connectivity index (χ1n) is 5.86. The largest absolute Gasteiger partial charge is 0.384 e. The maximum atomic E-state index is 5.55. The van der Waals surface area contributed by atoms with Crippen LogP contribution in [-0.4, -0.2) is 19.7 Å². The predicted molar refractivity (Wildman–Crippen MR) is 73.1 cm³/mol. The molecule has 2 aromatic rings. The van der Waals surface area contributed by atoms with E-state index in [1.54, 1.807) is 30.4 Å². The first kappa shape index (κ1) is 12.9. The third-order valence-corrected chi connectivity index (χ3v) is 3.34. The van der Waals surface area contributed by atoms with Crippen LogP contribution < -0.4 is 5.73 Å².